The molecule has 3 aliphatic rings. The molecule has 5 heteroatoms. The Hall–Kier alpha value is -0.460. The zero-order valence-corrected chi connectivity index (χ0v) is 12.0. The van der Waals surface area contributed by atoms with E-state index < -0.39 is 12.2 Å². The summed E-state index contributed by atoms with van der Waals surface area (Å²) in [5.41, 5.74) is 0.747. The van der Waals surface area contributed by atoms with Gasteiger partial charge in [-0.3, -0.25) is 0 Å². The van der Waals surface area contributed by atoms with E-state index in [0.717, 1.165) is 25.7 Å². The Morgan fingerprint density at radius 3 is 2.90 bits per heavy atom. The molecule has 0 aromatic carbocycles. The molecule has 0 aromatic rings. The third-order valence-corrected chi connectivity index (χ3v) is 5.14. The van der Waals surface area contributed by atoms with Gasteiger partial charge in [0, 0.05) is 12.5 Å². The molecule has 4 unspecified atom stereocenters. The summed E-state index contributed by atoms with van der Waals surface area (Å²) in [4.78, 5) is 0. The molecule has 1 saturated carbocycles. The molecule has 1 saturated heterocycles. The maximum absolute atomic E-state index is 10.1. The average molecular weight is 284 g/mol. The van der Waals surface area contributed by atoms with Gasteiger partial charge >= 0.3 is 0 Å². The summed E-state index contributed by atoms with van der Waals surface area (Å²) in [7, 11) is 1.60. The quantitative estimate of drug-likeness (QED) is 0.341. The van der Waals surface area contributed by atoms with Crippen LogP contribution in [-0.2, 0) is 14.2 Å². The zero-order valence-electron chi connectivity index (χ0n) is 12.0. The minimum atomic E-state index is -0.744. The third kappa shape index (κ3) is 2.22. The van der Waals surface area contributed by atoms with Gasteiger partial charge in [-0.25, -0.2) is 0 Å². The number of hydrogen-bond donors (Lipinski definition) is 2. The monoisotopic (exact) mass is 284 g/mol. The number of ether oxygens (including phenoxy) is 3. The molecule has 0 amide bonds. The maximum Gasteiger partial charge on any atom is 0.146 e. The minimum absolute atomic E-state index is 0.169. The van der Waals surface area contributed by atoms with Crippen molar-refractivity contribution in [2.24, 2.45) is 5.41 Å². The summed E-state index contributed by atoms with van der Waals surface area (Å²) in [5.74, 6) is 0. The molecule has 4 atom stereocenters. The van der Waals surface area contributed by atoms with Gasteiger partial charge in [-0.15, -0.1) is 0 Å². The first-order chi connectivity index (χ1) is 9.63. The largest absolute Gasteiger partial charge is 0.390 e. The molecule has 1 heterocycles. The summed E-state index contributed by atoms with van der Waals surface area (Å²) < 4.78 is 16.3. The molecular formula is C15H24O5. The van der Waals surface area contributed by atoms with Crippen LogP contribution in [0.25, 0.3) is 0 Å². The number of rotatable bonds is 5. The standard InChI is InChI=1S/C15H24O5/c1-18-10-19-8-15(9-20-15)14-5-3-2-4-11(14)6-12(16)13(17)7-14/h6,12-13,16-17H,2-5,7-10H2,1H3. The molecule has 2 fully saturated rings. The van der Waals surface area contributed by atoms with Crippen LogP contribution in [0.4, 0.5) is 0 Å². The van der Waals surface area contributed by atoms with Crippen LogP contribution in [0.5, 0.6) is 0 Å². The molecule has 0 aromatic heterocycles. The summed E-state index contributed by atoms with van der Waals surface area (Å²) in [6, 6.07) is 0. The van der Waals surface area contributed by atoms with E-state index in [1.807, 2.05) is 6.08 Å². The van der Waals surface area contributed by atoms with Gasteiger partial charge in [-0.1, -0.05) is 18.1 Å². The molecule has 0 bridgehead atoms. The van der Waals surface area contributed by atoms with Crippen molar-refractivity contribution in [1.29, 1.82) is 0 Å². The average Bonchev–Trinajstić information content (AvgIpc) is 3.22. The van der Waals surface area contributed by atoms with Crippen LogP contribution < -0.4 is 0 Å². The fraction of sp³-hybridized carbons (Fsp3) is 0.867. The van der Waals surface area contributed by atoms with Crippen LogP contribution in [0, 0.1) is 5.41 Å². The van der Waals surface area contributed by atoms with Gasteiger partial charge in [0.1, 0.15) is 12.4 Å². The summed E-state index contributed by atoms with van der Waals surface area (Å²) in [6.45, 7) is 1.41. The van der Waals surface area contributed by atoms with Crippen molar-refractivity contribution < 1.29 is 24.4 Å². The second-order valence-electron chi connectivity index (χ2n) is 6.28. The Balaban J connectivity index is 1.85. The van der Waals surface area contributed by atoms with E-state index in [1.165, 1.54) is 5.57 Å². The molecule has 0 spiro atoms. The summed E-state index contributed by atoms with van der Waals surface area (Å²) >= 11 is 0. The lowest BCUT2D eigenvalue weighted by Crippen LogP contribution is -2.51. The molecule has 0 radical (unpaired) electrons. The fourth-order valence-corrected chi connectivity index (χ4v) is 3.99. The second-order valence-corrected chi connectivity index (χ2v) is 6.28. The van der Waals surface area contributed by atoms with Gasteiger partial charge in [0.15, 0.2) is 0 Å². The lowest BCUT2D eigenvalue weighted by atomic mass is 9.57. The van der Waals surface area contributed by atoms with E-state index in [1.54, 1.807) is 7.11 Å². The van der Waals surface area contributed by atoms with E-state index in [2.05, 4.69) is 0 Å². The predicted octanol–water partition coefficient (Wildman–Crippen LogP) is 0.988. The number of fused-ring (bicyclic) bond motifs is 1. The maximum atomic E-state index is 10.1. The van der Waals surface area contributed by atoms with Crippen molar-refractivity contribution in [3.63, 3.8) is 0 Å². The minimum Gasteiger partial charge on any atom is -0.390 e. The van der Waals surface area contributed by atoms with Crippen molar-refractivity contribution >= 4 is 0 Å². The first-order valence-corrected chi connectivity index (χ1v) is 7.41. The van der Waals surface area contributed by atoms with Gasteiger partial charge in [0.25, 0.3) is 0 Å². The highest BCUT2D eigenvalue weighted by molar-refractivity contribution is 5.31. The molecule has 1 aliphatic heterocycles. The Morgan fingerprint density at radius 2 is 2.20 bits per heavy atom. The van der Waals surface area contributed by atoms with Crippen molar-refractivity contribution in [3.8, 4) is 0 Å². The molecule has 114 valence electrons. The zero-order chi connectivity index (χ0) is 14.2. The summed E-state index contributed by atoms with van der Waals surface area (Å²) in [5, 5.41) is 20.0. The topological polar surface area (TPSA) is 71.5 Å². The molecule has 2 aliphatic carbocycles. The number of aliphatic hydroxyl groups is 2. The van der Waals surface area contributed by atoms with Crippen LogP contribution in [0.1, 0.15) is 32.1 Å². The Labute approximate surface area is 119 Å². The SMILES string of the molecule is COCOCC1(C23CCCCC2=CC(O)C(O)C3)CO1. The third-order valence-electron chi connectivity index (χ3n) is 5.14. The van der Waals surface area contributed by atoms with E-state index in [0.29, 0.717) is 19.6 Å². The lowest BCUT2D eigenvalue weighted by molar-refractivity contribution is -0.0867. The fourth-order valence-electron chi connectivity index (χ4n) is 3.99. The van der Waals surface area contributed by atoms with Gasteiger partial charge in [0.2, 0.25) is 0 Å². The highest BCUT2D eigenvalue weighted by Crippen LogP contribution is 2.60. The van der Waals surface area contributed by atoms with Crippen LogP contribution >= 0.6 is 0 Å². The van der Waals surface area contributed by atoms with Crippen molar-refractivity contribution in [2.45, 2.75) is 49.9 Å². The van der Waals surface area contributed by atoms with E-state index in [4.69, 9.17) is 14.2 Å². The Morgan fingerprint density at radius 1 is 1.40 bits per heavy atom. The first kappa shape index (κ1) is 14.5. The van der Waals surface area contributed by atoms with Crippen LogP contribution in [-0.4, -0.2) is 55.1 Å². The molecule has 2 N–H and O–H groups in total. The predicted molar refractivity (Wildman–Crippen MR) is 72.1 cm³/mol. The molecule has 20 heavy (non-hydrogen) atoms. The Bertz CT molecular complexity index is 390. The van der Waals surface area contributed by atoms with Crippen LogP contribution in [0.15, 0.2) is 11.6 Å². The van der Waals surface area contributed by atoms with E-state index in [-0.39, 0.29) is 17.8 Å². The number of methoxy groups -OCH3 is 1. The summed E-state index contributed by atoms with van der Waals surface area (Å²) in [6.07, 6.45) is 5.23. The van der Waals surface area contributed by atoms with E-state index in [9.17, 15) is 10.2 Å². The van der Waals surface area contributed by atoms with Gasteiger partial charge in [-0.05, 0) is 25.7 Å². The van der Waals surface area contributed by atoms with Gasteiger partial charge in [-0.2, -0.15) is 0 Å². The number of aliphatic hydroxyl groups excluding tert-OH is 2. The van der Waals surface area contributed by atoms with Crippen molar-refractivity contribution in [1.82, 2.24) is 0 Å². The van der Waals surface area contributed by atoms with Crippen LogP contribution in [0.2, 0.25) is 0 Å². The molecule has 5 nitrogen and oxygen atoms in total. The number of hydrogen-bond acceptors (Lipinski definition) is 5. The van der Waals surface area contributed by atoms with Gasteiger partial charge in [0.05, 0.1) is 25.4 Å². The second kappa shape index (κ2) is 5.39. The Kier molecular flexibility index (Phi) is 3.90. The molecular weight excluding hydrogens is 260 g/mol. The number of epoxide rings is 1. The van der Waals surface area contributed by atoms with Crippen LogP contribution in [0.3, 0.4) is 0 Å². The first-order valence-electron chi connectivity index (χ1n) is 7.41. The van der Waals surface area contributed by atoms with Gasteiger partial charge < -0.3 is 24.4 Å². The highest BCUT2D eigenvalue weighted by atomic mass is 16.7. The molecule has 3 rings (SSSR count). The van der Waals surface area contributed by atoms with E-state index >= 15 is 0 Å². The lowest BCUT2D eigenvalue weighted by Gasteiger charge is -2.48. The normalized spacial score (nSPS) is 43.9. The smallest absolute Gasteiger partial charge is 0.146 e. The van der Waals surface area contributed by atoms with Crippen molar-refractivity contribution in [2.75, 3.05) is 27.1 Å². The highest BCUT2D eigenvalue weighted by Gasteiger charge is 2.64. The van der Waals surface area contributed by atoms with Crippen molar-refractivity contribution in [3.05, 3.63) is 11.6 Å².